The molecule has 0 N–H and O–H groups in total. The van der Waals surface area contributed by atoms with Crippen molar-refractivity contribution < 1.29 is 9.53 Å². The lowest BCUT2D eigenvalue weighted by atomic mass is 10.1. The van der Waals surface area contributed by atoms with Crippen LogP contribution in [-0.4, -0.2) is 5.97 Å². The summed E-state index contributed by atoms with van der Waals surface area (Å²) in [6.07, 6.45) is 0. The Morgan fingerprint density at radius 2 is 1.72 bits per heavy atom. The maximum absolute atomic E-state index is 11.8. The SMILES string of the molecule is Cc1ccc(C(=O)OCc2cccc(C)c2)cc1. The third-order valence-electron chi connectivity index (χ3n) is 2.74. The van der Waals surface area contributed by atoms with Crippen LogP contribution >= 0.6 is 0 Å². The molecule has 0 aliphatic rings. The van der Waals surface area contributed by atoms with Crippen molar-refractivity contribution in [3.05, 3.63) is 70.8 Å². The maximum Gasteiger partial charge on any atom is 0.338 e. The summed E-state index contributed by atoms with van der Waals surface area (Å²) in [7, 11) is 0. The zero-order valence-corrected chi connectivity index (χ0v) is 10.6. The van der Waals surface area contributed by atoms with Gasteiger partial charge >= 0.3 is 5.97 Å². The molecule has 0 bridgehead atoms. The summed E-state index contributed by atoms with van der Waals surface area (Å²) < 4.78 is 5.27. The van der Waals surface area contributed by atoms with Crippen LogP contribution in [0, 0.1) is 13.8 Å². The fourth-order valence-corrected chi connectivity index (χ4v) is 1.72. The Hall–Kier alpha value is -2.09. The molecule has 0 amide bonds. The summed E-state index contributed by atoms with van der Waals surface area (Å²) in [5.74, 6) is -0.281. The predicted octanol–water partition coefficient (Wildman–Crippen LogP) is 3.66. The quantitative estimate of drug-likeness (QED) is 0.765. The third kappa shape index (κ3) is 3.20. The molecule has 2 aromatic carbocycles. The number of esters is 1. The van der Waals surface area contributed by atoms with E-state index in [4.69, 9.17) is 4.74 Å². The summed E-state index contributed by atoms with van der Waals surface area (Å²) in [4.78, 5) is 11.8. The number of benzene rings is 2. The Kier molecular flexibility index (Phi) is 3.78. The summed E-state index contributed by atoms with van der Waals surface area (Å²) in [5, 5.41) is 0. The third-order valence-corrected chi connectivity index (χ3v) is 2.74. The number of ether oxygens (including phenoxy) is 1. The standard InChI is InChI=1S/C16H16O2/c1-12-6-8-15(9-7-12)16(17)18-11-14-5-3-4-13(2)10-14/h3-10H,11H2,1-2H3. The number of aryl methyl sites for hydroxylation is 2. The second kappa shape index (κ2) is 5.50. The Balaban J connectivity index is 1.98. The number of carbonyl (C=O) groups excluding carboxylic acids is 1. The molecule has 2 rings (SSSR count). The minimum Gasteiger partial charge on any atom is -0.457 e. The second-order valence-electron chi connectivity index (χ2n) is 4.43. The summed E-state index contributed by atoms with van der Waals surface area (Å²) in [5.41, 5.74) is 3.90. The van der Waals surface area contributed by atoms with Crippen molar-refractivity contribution in [2.45, 2.75) is 20.5 Å². The molecule has 2 nitrogen and oxygen atoms in total. The molecule has 92 valence electrons. The zero-order chi connectivity index (χ0) is 13.0. The van der Waals surface area contributed by atoms with Crippen molar-refractivity contribution in [3.8, 4) is 0 Å². The highest BCUT2D eigenvalue weighted by atomic mass is 16.5. The predicted molar refractivity (Wildman–Crippen MR) is 71.5 cm³/mol. The Morgan fingerprint density at radius 1 is 1.00 bits per heavy atom. The van der Waals surface area contributed by atoms with Crippen LogP contribution in [0.25, 0.3) is 0 Å². The molecular formula is C16H16O2. The van der Waals surface area contributed by atoms with E-state index in [0.717, 1.165) is 11.1 Å². The highest BCUT2D eigenvalue weighted by molar-refractivity contribution is 5.89. The van der Waals surface area contributed by atoms with Crippen LogP contribution in [0.15, 0.2) is 48.5 Å². The van der Waals surface area contributed by atoms with Gasteiger partial charge in [-0.05, 0) is 31.5 Å². The van der Waals surface area contributed by atoms with Crippen LogP contribution in [0.1, 0.15) is 27.0 Å². The average Bonchev–Trinajstić information content (AvgIpc) is 2.37. The molecule has 0 atom stereocenters. The summed E-state index contributed by atoms with van der Waals surface area (Å²) in [6, 6.07) is 15.3. The molecule has 0 unspecified atom stereocenters. The molecule has 2 aromatic rings. The average molecular weight is 240 g/mol. The summed E-state index contributed by atoms with van der Waals surface area (Å²) >= 11 is 0. The van der Waals surface area contributed by atoms with Crippen LogP contribution in [0.3, 0.4) is 0 Å². The van der Waals surface area contributed by atoms with E-state index in [1.165, 1.54) is 5.56 Å². The van der Waals surface area contributed by atoms with Gasteiger partial charge in [-0.1, -0.05) is 47.5 Å². The molecule has 0 heterocycles. The topological polar surface area (TPSA) is 26.3 Å². The smallest absolute Gasteiger partial charge is 0.338 e. The lowest BCUT2D eigenvalue weighted by Crippen LogP contribution is -2.05. The fraction of sp³-hybridized carbons (Fsp3) is 0.188. The molecule has 0 fully saturated rings. The van der Waals surface area contributed by atoms with E-state index in [1.54, 1.807) is 12.1 Å². The van der Waals surface area contributed by atoms with Gasteiger partial charge in [0.15, 0.2) is 0 Å². The Labute approximate surface area is 107 Å². The maximum atomic E-state index is 11.8. The van der Waals surface area contributed by atoms with Gasteiger partial charge in [-0.25, -0.2) is 4.79 Å². The minimum absolute atomic E-state index is 0.281. The van der Waals surface area contributed by atoms with Gasteiger partial charge in [-0.2, -0.15) is 0 Å². The normalized spacial score (nSPS) is 10.1. The van der Waals surface area contributed by atoms with Crippen LogP contribution in [0.4, 0.5) is 0 Å². The largest absolute Gasteiger partial charge is 0.457 e. The molecular weight excluding hydrogens is 224 g/mol. The lowest BCUT2D eigenvalue weighted by Gasteiger charge is -2.06. The first-order valence-electron chi connectivity index (χ1n) is 5.94. The Bertz CT molecular complexity index is 541. The van der Waals surface area contributed by atoms with Crippen molar-refractivity contribution in [3.63, 3.8) is 0 Å². The number of carbonyl (C=O) groups is 1. The van der Waals surface area contributed by atoms with E-state index in [-0.39, 0.29) is 5.97 Å². The monoisotopic (exact) mass is 240 g/mol. The van der Waals surface area contributed by atoms with Crippen LogP contribution < -0.4 is 0 Å². The van der Waals surface area contributed by atoms with Gasteiger partial charge in [0.25, 0.3) is 0 Å². The first-order valence-corrected chi connectivity index (χ1v) is 5.94. The fourth-order valence-electron chi connectivity index (χ4n) is 1.72. The molecule has 0 aromatic heterocycles. The van der Waals surface area contributed by atoms with Gasteiger partial charge in [0.1, 0.15) is 6.61 Å². The van der Waals surface area contributed by atoms with Crippen LogP contribution in [0.2, 0.25) is 0 Å². The molecule has 18 heavy (non-hydrogen) atoms. The van der Waals surface area contributed by atoms with Gasteiger partial charge in [0, 0.05) is 0 Å². The first-order chi connectivity index (χ1) is 8.65. The van der Waals surface area contributed by atoms with Gasteiger partial charge in [-0.15, -0.1) is 0 Å². The van der Waals surface area contributed by atoms with E-state index < -0.39 is 0 Å². The van der Waals surface area contributed by atoms with E-state index in [2.05, 4.69) is 0 Å². The molecule has 0 radical (unpaired) electrons. The molecule has 0 saturated heterocycles. The second-order valence-corrected chi connectivity index (χ2v) is 4.43. The van der Waals surface area contributed by atoms with Crippen LogP contribution in [0.5, 0.6) is 0 Å². The van der Waals surface area contributed by atoms with Crippen LogP contribution in [-0.2, 0) is 11.3 Å². The Morgan fingerprint density at radius 3 is 2.39 bits per heavy atom. The molecule has 0 aliphatic carbocycles. The molecule has 0 aliphatic heterocycles. The molecule has 0 spiro atoms. The van der Waals surface area contributed by atoms with E-state index in [1.807, 2.05) is 50.2 Å². The van der Waals surface area contributed by atoms with Crippen molar-refractivity contribution in [2.75, 3.05) is 0 Å². The van der Waals surface area contributed by atoms with Gasteiger partial charge in [0.05, 0.1) is 5.56 Å². The lowest BCUT2D eigenvalue weighted by molar-refractivity contribution is 0.0472. The molecule has 0 saturated carbocycles. The number of rotatable bonds is 3. The van der Waals surface area contributed by atoms with E-state index >= 15 is 0 Å². The number of hydrogen-bond donors (Lipinski definition) is 0. The summed E-state index contributed by atoms with van der Waals surface area (Å²) in [6.45, 7) is 4.32. The van der Waals surface area contributed by atoms with E-state index in [9.17, 15) is 4.79 Å². The first kappa shape index (κ1) is 12.4. The van der Waals surface area contributed by atoms with E-state index in [0.29, 0.717) is 12.2 Å². The van der Waals surface area contributed by atoms with Crippen molar-refractivity contribution >= 4 is 5.97 Å². The van der Waals surface area contributed by atoms with Crippen molar-refractivity contribution in [1.29, 1.82) is 0 Å². The van der Waals surface area contributed by atoms with Gasteiger partial charge in [0.2, 0.25) is 0 Å². The molecule has 2 heteroatoms. The van der Waals surface area contributed by atoms with Gasteiger partial charge in [-0.3, -0.25) is 0 Å². The minimum atomic E-state index is -0.281. The van der Waals surface area contributed by atoms with Gasteiger partial charge < -0.3 is 4.74 Å². The highest BCUT2D eigenvalue weighted by Gasteiger charge is 2.06. The number of hydrogen-bond acceptors (Lipinski definition) is 2. The van der Waals surface area contributed by atoms with Crippen molar-refractivity contribution in [2.24, 2.45) is 0 Å². The zero-order valence-electron chi connectivity index (χ0n) is 10.6. The van der Waals surface area contributed by atoms with Crippen molar-refractivity contribution in [1.82, 2.24) is 0 Å². The highest BCUT2D eigenvalue weighted by Crippen LogP contribution is 2.09.